The van der Waals surface area contributed by atoms with Gasteiger partial charge >= 0.3 is 0 Å². The van der Waals surface area contributed by atoms with E-state index in [4.69, 9.17) is 0 Å². The van der Waals surface area contributed by atoms with Crippen LogP contribution in [-0.4, -0.2) is 37.1 Å². The number of nitrogens with zero attached hydrogens (tertiary/aromatic N) is 1. The molecule has 0 amide bonds. The average molecular weight is 268 g/mol. The van der Waals surface area contributed by atoms with E-state index >= 15 is 0 Å². The minimum atomic E-state index is 0.780. The Morgan fingerprint density at radius 1 is 1.16 bits per heavy atom. The van der Waals surface area contributed by atoms with Gasteiger partial charge in [0, 0.05) is 18.6 Å². The van der Waals surface area contributed by atoms with Crippen LogP contribution in [0.15, 0.2) is 0 Å². The predicted molar refractivity (Wildman–Crippen MR) is 85.6 cm³/mol. The maximum Gasteiger partial charge on any atom is 0.00928 e. The Morgan fingerprint density at radius 3 is 2.37 bits per heavy atom. The summed E-state index contributed by atoms with van der Waals surface area (Å²) in [6.07, 6.45) is 8.22. The summed E-state index contributed by atoms with van der Waals surface area (Å²) in [6, 6.07) is 1.57. The van der Waals surface area contributed by atoms with E-state index in [1.807, 2.05) is 0 Å². The van der Waals surface area contributed by atoms with Crippen molar-refractivity contribution in [3.05, 3.63) is 0 Å². The Hall–Kier alpha value is -0.0800. The quantitative estimate of drug-likeness (QED) is 0.682. The van der Waals surface area contributed by atoms with Crippen molar-refractivity contribution in [1.82, 2.24) is 10.2 Å². The molecule has 0 bridgehead atoms. The zero-order chi connectivity index (χ0) is 14.3. The largest absolute Gasteiger partial charge is 0.317 e. The van der Waals surface area contributed by atoms with Crippen LogP contribution in [0.25, 0.3) is 0 Å². The van der Waals surface area contributed by atoms with Gasteiger partial charge in [-0.15, -0.1) is 0 Å². The number of nitrogens with one attached hydrogen (secondary N) is 1. The lowest BCUT2D eigenvalue weighted by molar-refractivity contribution is 0.152. The third-order valence-electron chi connectivity index (χ3n) is 4.88. The van der Waals surface area contributed by atoms with Crippen molar-refractivity contribution in [2.75, 3.05) is 20.1 Å². The van der Waals surface area contributed by atoms with E-state index < -0.39 is 0 Å². The van der Waals surface area contributed by atoms with E-state index in [-0.39, 0.29) is 0 Å². The molecule has 1 saturated carbocycles. The Labute approximate surface area is 121 Å². The monoisotopic (exact) mass is 268 g/mol. The fourth-order valence-electron chi connectivity index (χ4n) is 3.79. The second kappa shape index (κ2) is 8.97. The van der Waals surface area contributed by atoms with Crippen molar-refractivity contribution in [1.29, 1.82) is 0 Å². The summed E-state index contributed by atoms with van der Waals surface area (Å²) in [5.41, 5.74) is 0. The van der Waals surface area contributed by atoms with Gasteiger partial charge < -0.3 is 10.2 Å². The van der Waals surface area contributed by atoms with Gasteiger partial charge in [-0.1, -0.05) is 34.1 Å². The molecule has 1 fully saturated rings. The molecule has 2 atom stereocenters. The topological polar surface area (TPSA) is 15.3 Å². The zero-order valence-corrected chi connectivity index (χ0v) is 13.9. The van der Waals surface area contributed by atoms with Gasteiger partial charge in [-0.3, -0.25) is 0 Å². The first-order chi connectivity index (χ1) is 9.12. The fraction of sp³-hybridized carbons (Fsp3) is 1.00. The van der Waals surface area contributed by atoms with Crippen LogP contribution in [0.3, 0.4) is 0 Å². The first kappa shape index (κ1) is 17.0. The molecule has 0 aromatic rings. The van der Waals surface area contributed by atoms with Crippen molar-refractivity contribution in [3.8, 4) is 0 Å². The van der Waals surface area contributed by atoms with Crippen molar-refractivity contribution in [3.63, 3.8) is 0 Å². The zero-order valence-electron chi connectivity index (χ0n) is 13.9. The van der Waals surface area contributed by atoms with E-state index in [0.29, 0.717) is 0 Å². The highest BCUT2D eigenvalue weighted by atomic mass is 15.2. The first-order valence-corrected chi connectivity index (χ1v) is 8.53. The van der Waals surface area contributed by atoms with E-state index in [1.165, 1.54) is 51.6 Å². The summed E-state index contributed by atoms with van der Waals surface area (Å²) in [5, 5.41) is 3.52. The van der Waals surface area contributed by atoms with Crippen LogP contribution < -0.4 is 5.32 Å². The molecular formula is C17H36N2. The molecule has 1 aliphatic carbocycles. The lowest BCUT2D eigenvalue weighted by Crippen LogP contribution is -2.40. The van der Waals surface area contributed by atoms with Gasteiger partial charge in [0.2, 0.25) is 0 Å². The summed E-state index contributed by atoms with van der Waals surface area (Å²) < 4.78 is 0. The number of rotatable bonds is 9. The van der Waals surface area contributed by atoms with Crippen molar-refractivity contribution in [2.45, 2.75) is 78.3 Å². The third-order valence-corrected chi connectivity index (χ3v) is 4.88. The van der Waals surface area contributed by atoms with Crippen molar-refractivity contribution >= 4 is 0 Å². The van der Waals surface area contributed by atoms with E-state index in [9.17, 15) is 0 Å². The summed E-state index contributed by atoms with van der Waals surface area (Å²) in [7, 11) is 2.13. The fourth-order valence-corrected chi connectivity index (χ4v) is 3.79. The van der Waals surface area contributed by atoms with Gasteiger partial charge in [0.05, 0.1) is 0 Å². The maximum absolute atomic E-state index is 3.52. The standard InChI is InChI=1S/C17H36N2/c1-6-16(7-2)19(13-14(3)4)12-11-15-9-8-10-17(15)18-5/h14-18H,6-13H2,1-5H3. The van der Waals surface area contributed by atoms with Crippen LogP contribution in [0, 0.1) is 11.8 Å². The van der Waals surface area contributed by atoms with E-state index in [0.717, 1.165) is 23.9 Å². The normalized spacial score (nSPS) is 24.0. The molecule has 0 heterocycles. The van der Waals surface area contributed by atoms with Crippen LogP contribution >= 0.6 is 0 Å². The van der Waals surface area contributed by atoms with Gasteiger partial charge in [0.15, 0.2) is 0 Å². The molecular weight excluding hydrogens is 232 g/mol. The van der Waals surface area contributed by atoms with Gasteiger partial charge in [0.1, 0.15) is 0 Å². The number of hydrogen-bond donors (Lipinski definition) is 1. The highest BCUT2D eigenvalue weighted by molar-refractivity contribution is 4.83. The summed E-state index contributed by atoms with van der Waals surface area (Å²) in [6.45, 7) is 11.9. The summed E-state index contributed by atoms with van der Waals surface area (Å²) >= 11 is 0. The van der Waals surface area contributed by atoms with Gasteiger partial charge in [-0.25, -0.2) is 0 Å². The molecule has 0 aromatic carbocycles. The molecule has 1 rings (SSSR count). The van der Waals surface area contributed by atoms with Crippen molar-refractivity contribution < 1.29 is 0 Å². The van der Waals surface area contributed by atoms with E-state index in [2.05, 4.69) is 45.0 Å². The second-order valence-corrected chi connectivity index (χ2v) is 6.73. The molecule has 0 aromatic heterocycles. The second-order valence-electron chi connectivity index (χ2n) is 6.73. The Kier molecular flexibility index (Phi) is 8.01. The molecule has 0 radical (unpaired) electrons. The molecule has 2 unspecified atom stereocenters. The Balaban J connectivity index is 2.47. The smallest absolute Gasteiger partial charge is 0.00928 e. The van der Waals surface area contributed by atoms with Crippen LogP contribution in [0.4, 0.5) is 0 Å². The third kappa shape index (κ3) is 5.43. The van der Waals surface area contributed by atoms with Crippen molar-refractivity contribution in [2.24, 2.45) is 11.8 Å². The molecule has 1 N–H and O–H groups in total. The van der Waals surface area contributed by atoms with Crippen LogP contribution in [0.5, 0.6) is 0 Å². The SMILES string of the molecule is CCC(CC)N(CCC1CCCC1NC)CC(C)C. The van der Waals surface area contributed by atoms with E-state index in [1.54, 1.807) is 0 Å². The molecule has 2 heteroatoms. The Bertz CT molecular complexity index is 223. The molecule has 19 heavy (non-hydrogen) atoms. The molecule has 0 spiro atoms. The lowest BCUT2D eigenvalue weighted by Gasteiger charge is -2.33. The van der Waals surface area contributed by atoms with Crippen LogP contribution in [0.2, 0.25) is 0 Å². The van der Waals surface area contributed by atoms with Gasteiger partial charge in [-0.2, -0.15) is 0 Å². The summed E-state index contributed by atoms with van der Waals surface area (Å²) in [5.74, 6) is 1.69. The average Bonchev–Trinajstić information content (AvgIpc) is 2.83. The highest BCUT2D eigenvalue weighted by Crippen LogP contribution is 2.29. The first-order valence-electron chi connectivity index (χ1n) is 8.53. The molecule has 1 aliphatic rings. The Morgan fingerprint density at radius 2 is 1.84 bits per heavy atom. The molecule has 114 valence electrons. The minimum Gasteiger partial charge on any atom is -0.317 e. The molecule has 2 nitrogen and oxygen atoms in total. The molecule has 0 saturated heterocycles. The number of hydrogen-bond acceptors (Lipinski definition) is 2. The van der Waals surface area contributed by atoms with Crippen LogP contribution in [-0.2, 0) is 0 Å². The van der Waals surface area contributed by atoms with Gasteiger partial charge in [-0.05, 0) is 57.5 Å². The maximum atomic E-state index is 3.52. The lowest BCUT2D eigenvalue weighted by atomic mass is 9.98. The van der Waals surface area contributed by atoms with Crippen LogP contribution in [0.1, 0.15) is 66.2 Å². The van der Waals surface area contributed by atoms with Gasteiger partial charge in [0.25, 0.3) is 0 Å². The minimum absolute atomic E-state index is 0.780. The molecule has 0 aliphatic heterocycles. The summed E-state index contributed by atoms with van der Waals surface area (Å²) in [4.78, 5) is 2.76. The predicted octanol–water partition coefficient (Wildman–Crippen LogP) is 3.91. The highest BCUT2D eigenvalue weighted by Gasteiger charge is 2.27.